The molecule has 0 saturated heterocycles. The summed E-state index contributed by atoms with van der Waals surface area (Å²) in [6.07, 6.45) is 1.04. The van der Waals surface area contributed by atoms with Gasteiger partial charge in [-0.05, 0) is 61.4 Å². The third-order valence-corrected chi connectivity index (χ3v) is 4.17. The zero-order valence-electron chi connectivity index (χ0n) is 15.0. The van der Waals surface area contributed by atoms with Crippen molar-refractivity contribution in [2.24, 2.45) is 0 Å². The van der Waals surface area contributed by atoms with Crippen LogP contribution in [0.1, 0.15) is 25.0 Å². The summed E-state index contributed by atoms with van der Waals surface area (Å²) in [5.74, 6) is 0.925. The molecule has 7 heteroatoms. The van der Waals surface area contributed by atoms with Crippen molar-refractivity contribution in [3.05, 3.63) is 64.5 Å². The lowest BCUT2D eigenvalue weighted by molar-refractivity contribution is -0.150. The van der Waals surface area contributed by atoms with E-state index in [0.29, 0.717) is 29.0 Å². The van der Waals surface area contributed by atoms with Gasteiger partial charge in [-0.15, -0.1) is 0 Å². The minimum Gasteiger partial charge on any atom is -0.479 e. The van der Waals surface area contributed by atoms with Gasteiger partial charge < -0.3 is 14.2 Å². The summed E-state index contributed by atoms with van der Waals surface area (Å²) in [4.78, 5) is 11.6. The lowest BCUT2D eigenvalue weighted by Gasteiger charge is -2.25. The van der Waals surface area contributed by atoms with Crippen molar-refractivity contribution in [1.82, 2.24) is 5.06 Å². The number of hydrogen-bond donors (Lipinski definition) is 1. The van der Waals surface area contributed by atoms with E-state index in [4.69, 9.17) is 25.8 Å². The van der Waals surface area contributed by atoms with Gasteiger partial charge in [0.15, 0.2) is 6.10 Å². The molecule has 0 fully saturated rings. The van der Waals surface area contributed by atoms with Gasteiger partial charge in [0.25, 0.3) is 0 Å². The molecule has 27 heavy (non-hydrogen) atoms. The van der Waals surface area contributed by atoms with Gasteiger partial charge >= 0.3 is 5.97 Å². The van der Waals surface area contributed by atoms with Crippen LogP contribution in [0, 0.1) is 0 Å². The van der Waals surface area contributed by atoms with Crippen LogP contribution in [-0.4, -0.2) is 29.0 Å². The maximum Gasteiger partial charge on any atom is 0.347 e. The predicted octanol–water partition coefficient (Wildman–Crippen LogP) is 4.25. The summed E-state index contributed by atoms with van der Waals surface area (Å²) in [5.41, 5.74) is 1.84. The molecule has 0 spiro atoms. The Bertz CT molecular complexity index is 850. The Kier molecular flexibility index (Phi) is 5.88. The standard InChI is InChI=1S/C20H20ClNO5/c1-3-25-20(23)13(2)26-17-6-8-18(9-7-17)27-19-11-14-4-5-16(21)10-15(14)12-22(19)24/h4-11,13,24H,3,12H2,1-2H3. The largest absolute Gasteiger partial charge is 0.479 e. The number of esters is 1. The Morgan fingerprint density at radius 2 is 1.93 bits per heavy atom. The molecule has 142 valence electrons. The number of halogens is 1. The fourth-order valence-corrected chi connectivity index (χ4v) is 2.79. The molecule has 0 bridgehead atoms. The number of rotatable bonds is 6. The average molecular weight is 390 g/mol. The summed E-state index contributed by atoms with van der Waals surface area (Å²) >= 11 is 5.99. The van der Waals surface area contributed by atoms with Crippen LogP contribution in [0.4, 0.5) is 0 Å². The van der Waals surface area contributed by atoms with E-state index in [2.05, 4.69) is 0 Å². The van der Waals surface area contributed by atoms with Gasteiger partial charge in [0.1, 0.15) is 11.5 Å². The molecule has 0 radical (unpaired) electrons. The van der Waals surface area contributed by atoms with Crippen LogP contribution in [0.2, 0.25) is 5.02 Å². The van der Waals surface area contributed by atoms with Crippen molar-refractivity contribution in [2.75, 3.05) is 6.61 Å². The van der Waals surface area contributed by atoms with Crippen LogP contribution in [0.3, 0.4) is 0 Å². The van der Waals surface area contributed by atoms with Crippen LogP contribution in [0.15, 0.2) is 48.3 Å². The van der Waals surface area contributed by atoms with E-state index < -0.39 is 12.1 Å². The second kappa shape index (κ2) is 8.33. The molecule has 1 N–H and O–H groups in total. The van der Waals surface area contributed by atoms with Gasteiger partial charge in [0, 0.05) is 11.1 Å². The molecule has 1 aliphatic rings. The Morgan fingerprint density at radius 1 is 1.22 bits per heavy atom. The van der Waals surface area contributed by atoms with Crippen molar-refractivity contribution >= 4 is 23.6 Å². The van der Waals surface area contributed by atoms with E-state index in [9.17, 15) is 10.0 Å². The Morgan fingerprint density at radius 3 is 2.63 bits per heavy atom. The highest BCUT2D eigenvalue weighted by atomic mass is 35.5. The number of nitrogens with zero attached hydrogens (tertiary/aromatic N) is 1. The highest BCUT2D eigenvalue weighted by Crippen LogP contribution is 2.28. The second-order valence-electron chi connectivity index (χ2n) is 5.97. The third kappa shape index (κ3) is 4.72. The SMILES string of the molecule is CCOC(=O)C(C)Oc1ccc(OC2=Cc3ccc(Cl)cc3CN2O)cc1. The highest BCUT2D eigenvalue weighted by molar-refractivity contribution is 6.30. The zero-order chi connectivity index (χ0) is 19.4. The summed E-state index contributed by atoms with van der Waals surface area (Å²) in [6, 6.07) is 12.2. The fraction of sp³-hybridized carbons (Fsp3) is 0.250. The maximum absolute atomic E-state index is 11.6. The fourth-order valence-electron chi connectivity index (χ4n) is 2.60. The molecule has 2 aromatic rings. The Labute approximate surface area is 162 Å². The number of hydrogen-bond acceptors (Lipinski definition) is 6. The maximum atomic E-state index is 11.6. The molecule has 0 aromatic heterocycles. The van der Waals surface area contributed by atoms with Gasteiger partial charge in [-0.1, -0.05) is 17.7 Å². The lowest BCUT2D eigenvalue weighted by atomic mass is 10.0. The summed E-state index contributed by atoms with van der Waals surface area (Å²) in [7, 11) is 0. The average Bonchev–Trinajstić information content (AvgIpc) is 2.64. The summed E-state index contributed by atoms with van der Waals surface area (Å²) in [5, 5.41) is 11.8. The minimum atomic E-state index is -0.700. The molecule has 1 heterocycles. The molecule has 1 unspecified atom stereocenters. The number of carbonyl (C=O) groups excluding carboxylic acids is 1. The first-order valence-corrected chi connectivity index (χ1v) is 8.92. The van der Waals surface area contributed by atoms with Gasteiger partial charge in [0.2, 0.25) is 5.88 Å². The van der Waals surface area contributed by atoms with Crippen LogP contribution < -0.4 is 9.47 Å². The number of benzene rings is 2. The predicted molar refractivity (Wildman–Crippen MR) is 101 cm³/mol. The van der Waals surface area contributed by atoms with Crippen LogP contribution >= 0.6 is 11.6 Å². The van der Waals surface area contributed by atoms with Crippen molar-refractivity contribution in [1.29, 1.82) is 0 Å². The Balaban J connectivity index is 1.68. The lowest BCUT2D eigenvalue weighted by Crippen LogP contribution is -2.26. The van der Waals surface area contributed by atoms with E-state index in [1.165, 1.54) is 0 Å². The Hall–Kier alpha value is -2.70. The van der Waals surface area contributed by atoms with Crippen molar-refractivity contribution in [2.45, 2.75) is 26.5 Å². The van der Waals surface area contributed by atoms with E-state index >= 15 is 0 Å². The smallest absolute Gasteiger partial charge is 0.347 e. The molecule has 3 rings (SSSR count). The second-order valence-corrected chi connectivity index (χ2v) is 6.41. The van der Waals surface area contributed by atoms with Crippen LogP contribution in [0.25, 0.3) is 6.08 Å². The first-order chi connectivity index (χ1) is 13.0. The van der Waals surface area contributed by atoms with Crippen molar-refractivity contribution in [3.63, 3.8) is 0 Å². The van der Waals surface area contributed by atoms with E-state index in [0.717, 1.165) is 16.2 Å². The molecular weight excluding hydrogens is 370 g/mol. The topological polar surface area (TPSA) is 68.2 Å². The van der Waals surface area contributed by atoms with Crippen LogP contribution in [-0.2, 0) is 16.1 Å². The molecular formula is C20H20ClNO5. The molecule has 6 nitrogen and oxygen atoms in total. The zero-order valence-corrected chi connectivity index (χ0v) is 15.8. The van der Waals surface area contributed by atoms with E-state index in [1.54, 1.807) is 50.3 Å². The van der Waals surface area contributed by atoms with Gasteiger partial charge in [-0.2, -0.15) is 0 Å². The van der Waals surface area contributed by atoms with Crippen molar-refractivity contribution in [3.8, 4) is 11.5 Å². The van der Waals surface area contributed by atoms with E-state index in [-0.39, 0.29) is 6.54 Å². The number of ether oxygens (including phenoxy) is 3. The third-order valence-electron chi connectivity index (χ3n) is 3.94. The number of hydroxylamine groups is 2. The highest BCUT2D eigenvalue weighted by Gasteiger charge is 2.19. The first-order valence-electron chi connectivity index (χ1n) is 8.54. The normalized spacial score (nSPS) is 14.1. The molecule has 0 aliphatic carbocycles. The van der Waals surface area contributed by atoms with Gasteiger partial charge in [-0.25, -0.2) is 9.86 Å². The van der Waals surface area contributed by atoms with Gasteiger partial charge in [0.05, 0.1) is 13.2 Å². The van der Waals surface area contributed by atoms with Crippen molar-refractivity contribution < 1.29 is 24.2 Å². The number of carbonyl (C=O) groups is 1. The molecule has 1 aliphatic heterocycles. The van der Waals surface area contributed by atoms with Gasteiger partial charge in [-0.3, -0.25) is 5.21 Å². The van der Waals surface area contributed by atoms with E-state index in [1.807, 2.05) is 12.1 Å². The molecule has 0 saturated carbocycles. The first kappa shape index (κ1) is 19.1. The molecule has 0 amide bonds. The summed E-state index contributed by atoms with van der Waals surface area (Å²) in [6.45, 7) is 3.96. The number of fused-ring (bicyclic) bond motifs is 1. The van der Waals surface area contributed by atoms with Crippen LogP contribution in [0.5, 0.6) is 11.5 Å². The quantitative estimate of drug-likeness (QED) is 0.745. The minimum absolute atomic E-state index is 0.278. The molecule has 2 aromatic carbocycles. The molecule has 1 atom stereocenters. The summed E-state index contributed by atoms with van der Waals surface area (Å²) < 4.78 is 16.2. The monoisotopic (exact) mass is 389 g/mol.